The summed E-state index contributed by atoms with van der Waals surface area (Å²) in [5, 5.41) is 12.0. The van der Waals surface area contributed by atoms with Gasteiger partial charge in [-0.3, -0.25) is 4.57 Å². The van der Waals surface area contributed by atoms with Crippen molar-refractivity contribution < 1.29 is 4.52 Å². The molecule has 2 rings (SSSR count). The summed E-state index contributed by atoms with van der Waals surface area (Å²) in [6, 6.07) is 0. The van der Waals surface area contributed by atoms with E-state index in [9.17, 15) is 0 Å². The Morgan fingerprint density at radius 1 is 1.57 bits per heavy atom. The second-order valence-electron chi connectivity index (χ2n) is 2.72. The number of nitrogen functional groups attached to an aromatic ring is 1. The molecule has 0 saturated heterocycles. The van der Waals surface area contributed by atoms with E-state index in [4.69, 9.17) is 10.3 Å². The fourth-order valence-electron chi connectivity index (χ4n) is 0.898. The molecule has 0 aromatic carbocycles. The summed E-state index contributed by atoms with van der Waals surface area (Å²) >= 11 is 1.53. The number of rotatable bonds is 3. The molecule has 7 heteroatoms. The van der Waals surface area contributed by atoms with Crippen molar-refractivity contribution in [2.45, 2.75) is 10.9 Å². The largest absolute Gasteiger partial charge is 0.368 e. The van der Waals surface area contributed by atoms with Crippen molar-refractivity contribution in [2.24, 2.45) is 7.05 Å². The van der Waals surface area contributed by atoms with Gasteiger partial charge in [-0.1, -0.05) is 16.9 Å². The third kappa shape index (κ3) is 1.72. The van der Waals surface area contributed by atoms with Crippen LogP contribution >= 0.6 is 11.8 Å². The van der Waals surface area contributed by atoms with Gasteiger partial charge in [0.2, 0.25) is 5.95 Å². The molecule has 2 N–H and O–H groups in total. The Morgan fingerprint density at radius 2 is 2.43 bits per heavy atom. The van der Waals surface area contributed by atoms with Gasteiger partial charge in [-0.15, -0.1) is 10.2 Å². The van der Waals surface area contributed by atoms with Crippen LogP contribution in [0, 0.1) is 0 Å². The molecular formula is C7H9N5OS. The van der Waals surface area contributed by atoms with Gasteiger partial charge < -0.3 is 10.3 Å². The standard InChI is InChI=1S/C7H9N5OS/c1-12-6(8)10-11-7(12)14-4-5-2-9-13-3-5/h2-3H,4H2,1H3,(H2,8,10). The third-order valence-corrected chi connectivity index (χ3v) is 2.81. The van der Waals surface area contributed by atoms with E-state index in [0.29, 0.717) is 5.95 Å². The molecule has 0 aliphatic carbocycles. The molecule has 6 nitrogen and oxygen atoms in total. The highest BCUT2D eigenvalue weighted by Gasteiger charge is 2.06. The predicted molar refractivity (Wildman–Crippen MR) is 51.5 cm³/mol. The maximum Gasteiger partial charge on any atom is 0.222 e. The Balaban J connectivity index is 2.02. The molecule has 2 heterocycles. The van der Waals surface area contributed by atoms with Gasteiger partial charge in [0.1, 0.15) is 6.26 Å². The molecule has 0 radical (unpaired) electrons. The highest BCUT2D eigenvalue weighted by Crippen LogP contribution is 2.20. The second kappa shape index (κ2) is 3.70. The fourth-order valence-corrected chi connectivity index (χ4v) is 1.72. The van der Waals surface area contributed by atoms with Crippen molar-refractivity contribution in [3.63, 3.8) is 0 Å². The summed E-state index contributed by atoms with van der Waals surface area (Å²) in [6.07, 6.45) is 3.28. The van der Waals surface area contributed by atoms with Gasteiger partial charge in [0.15, 0.2) is 5.16 Å². The third-order valence-electron chi connectivity index (χ3n) is 1.72. The highest BCUT2D eigenvalue weighted by molar-refractivity contribution is 7.98. The lowest BCUT2D eigenvalue weighted by Gasteiger charge is -1.98. The molecule has 0 aliphatic heterocycles. The molecule has 0 aliphatic rings. The second-order valence-corrected chi connectivity index (χ2v) is 3.66. The van der Waals surface area contributed by atoms with Crippen LogP contribution in [0.2, 0.25) is 0 Å². The average Bonchev–Trinajstić information content (AvgIpc) is 2.77. The average molecular weight is 211 g/mol. The van der Waals surface area contributed by atoms with Gasteiger partial charge in [-0.2, -0.15) is 0 Å². The zero-order valence-electron chi connectivity index (χ0n) is 7.54. The summed E-state index contributed by atoms with van der Waals surface area (Å²) in [7, 11) is 1.82. The van der Waals surface area contributed by atoms with Crippen molar-refractivity contribution in [1.29, 1.82) is 0 Å². The number of thioether (sulfide) groups is 1. The van der Waals surface area contributed by atoms with Crippen molar-refractivity contribution in [3.8, 4) is 0 Å². The van der Waals surface area contributed by atoms with Crippen LogP contribution in [0.15, 0.2) is 22.1 Å². The van der Waals surface area contributed by atoms with Gasteiger partial charge in [-0.25, -0.2) is 0 Å². The normalized spacial score (nSPS) is 10.6. The summed E-state index contributed by atoms with van der Waals surface area (Å²) in [4.78, 5) is 0. The summed E-state index contributed by atoms with van der Waals surface area (Å²) in [6.45, 7) is 0. The summed E-state index contributed by atoms with van der Waals surface area (Å²) in [5.74, 6) is 1.16. The lowest BCUT2D eigenvalue weighted by Crippen LogP contribution is -1.97. The molecule has 74 valence electrons. The van der Waals surface area contributed by atoms with Crippen LogP contribution in [0.25, 0.3) is 0 Å². The molecule has 2 aromatic heterocycles. The Kier molecular flexibility index (Phi) is 2.40. The van der Waals surface area contributed by atoms with E-state index >= 15 is 0 Å². The zero-order chi connectivity index (χ0) is 9.97. The molecule has 0 atom stereocenters. The number of anilines is 1. The van der Waals surface area contributed by atoms with Crippen LogP contribution in [0.3, 0.4) is 0 Å². The van der Waals surface area contributed by atoms with E-state index in [1.165, 1.54) is 11.8 Å². The first-order valence-electron chi connectivity index (χ1n) is 3.93. The van der Waals surface area contributed by atoms with Gasteiger partial charge >= 0.3 is 0 Å². The molecule has 0 fully saturated rings. The quantitative estimate of drug-likeness (QED) is 0.751. The summed E-state index contributed by atoms with van der Waals surface area (Å²) < 4.78 is 6.44. The molecule has 0 spiro atoms. The monoisotopic (exact) mass is 211 g/mol. The maximum absolute atomic E-state index is 5.53. The molecule has 2 aromatic rings. The minimum atomic E-state index is 0.415. The number of hydrogen-bond donors (Lipinski definition) is 1. The van der Waals surface area contributed by atoms with Crippen LogP contribution in [0.1, 0.15) is 5.56 Å². The Morgan fingerprint density at radius 3 is 3.00 bits per heavy atom. The predicted octanol–water partition coefficient (Wildman–Crippen LogP) is 0.678. The van der Waals surface area contributed by atoms with Crippen molar-refractivity contribution in [3.05, 3.63) is 18.0 Å². The molecule has 14 heavy (non-hydrogen) atoms. The Hall–Kier alpha value is -1.50. The minimum Gasteiger partial charge on any atom is -0.368 e. The number of hydrogen-bond acceptors (Lipinski definition) is 6. The van der Waals surface area contributed by atoms with Crippen LogP contribution in [0.4, 0.5) is 5.95 Å². The Labute approximate surface area is 84.5 Å². The van der Waals surface area contributed by atoms with E-state index in [0.717, 1.165) is 16.5 Å². The number of nitrogens with two attached hydrogens (primary N) is 1. The SMILES string of the molecule is Cn1c(N)nnc1SCc1cnoc1. The van der Waals surface area contributed by atoms with E-state index in [1.54, 1.807) is 17.0 Å². The first kappa shape index (κ1) is 9.07. The van der Waals surface area contributed by atoms with Gasteiger partial charge in [-0.05, 0) is 0 Å². The van der Waals surface area contributed by atoms with Crippen molar-refractivity contribution >= 4 is 17.7 Å². The minimum absolute atomic E-state index is 0.415. The van der Waals surface area contributed by atoms with Crippen LogP contribution in [-0.2, 0) is 12.8 Å². The first-order chi connectivity index (χ1) is 6.77. The molecule has 0 saturated carbocycles. The lowest BCUT2D eigenvalue weighted by atomic mass is 10.4. The molecule has 0 bridgehead atoms. The van der Waals surface area contributed by atoms with E-state index in [-0.39, 0.29) is 0 Å². The zero-order valence-corrected chi connectivity index (χ0v) is 8.36. The number of aromatic nitrogens is 4. The van der Waals surface area contributed by atoms with Gasteiger partial charge in [0.25, 0.3) is 0 Å². The van der Waals surface area contributed by atoms with Crippen LogP contribution < -0.4 is 5.73 Å². The maximum atomic E-state index is 5.53. The molecule has 0 amide bonds. The van der Waals surface area contributed by atoms with Crippen molar-refractivity contribution in [1.82, 2.24) is 19.9 Å². The number of nitrogens with zero attached hydrogens (tertiary/aromatic N) is 4. The summed E-state index contributed by atoms with van der Waals surface area (Å²) in [5.41, 5.74) is 6.55. The van der Waals surface area contributed by atoms with Gasteiger partial charge in [0.05, 0.1) is 6.20 Å². The van der Waals surface area contributed by atoms with Crippen LogP contribution in [0.5, 0.6) is 0 Å². The first-order valence-corrected chi connectivity index (χ1v) is 4.92. The molecular weight excluding hydrogens is 202 g/mol. The van der Waals surface area contributed by atoms with Gasteiger partial charge in [0, 0.05) is 18.4 Å². The lowest BCUT2D eigenvalue weighted by molar-refractivity contribution is 0.419. The van der Waals surface area contributed by atoms with Crippen LogP contribution in [-0.4, -0.2) is 19.9 Å². The van der Waals surface area contributed by atoms with E-state index in [1.807, 2.05) is 7.05 Å². The fraction of sp³-hybridized carbons (Fsp3) is 0.286. The van der Waals surface area contributed by atoms with Crippen molar-refractivity contribution in [2.75, 3.05) is 5.73 Å². The smallest absolute Gasteiger partial charge is 0.222 e. The van der Waals surface area contributed by atoms with E-state index < -0.39 is 0 Å². The molecule has 0 unspecified atom stereocenters. The van der Waals surface area contributed by atoms with E-state index in [2.05, 4.69) is 15.4 Å². The highest BCUT2D eigenvalue weighted by atomic mass is 32.2. The topological polar surface area (TPSA) is 82.8 Å². The Bertz CT molecular complexity index is 410.